The van der Waals surface area contributed by atoms with Crippen molar-refractivity contribution >= 4 is 7.82 Å². The molecule has 0 saturated heterocycles. The monoisotopic (exact) mass is 567 g/mol. The van der Waals surface area contributed by atoms with E-state index in [9.17, 15) is 4.57 Å². The third kappa shape index (κ3) is 34.0. The molecule has 38 heavy (non-hydrogen) atoms. The van der Waals surface area contributed by atoms with E-state index in [1.165, 1.54) is 103 Å². The minimum Gasteiger partial charge on any atom is -0.395 e. The second-order valence-corrected chi connectivity index (χ2v) is 12.0. The van der Waals surface area contributed by atoms with E-state index in [4.69, 9.17) is 20.0 Å². The standard InChI is InChI=1S/C22H47NO2.C8H19O4P/c1-2-3-4-5-6-7-8-9-10-11-12-13-14-15-16-17-18-23(19-21-24)20-22-25;1-3-5-6-8(4-2)7-12-13(9,10)11/h24-25H,2-22H2,1H3;8H,3-7H2,1-2H3,(H2,9,10,11). The number of hydrogen-bond donors (Lipinski definition) is 4. The van der Waals surface area contributed by atoms with Gasteiger partial charge >= 0.3 is 7.82 Å². The van der Waals surface area contributed by atoms with Crippen LogP contribution in [0.3, 0.4) is 0 Å². The first-order valence-corrected chi connectivity index (χ1v) is 17.5. The van der Waals surface area contributed by atoms with Crippen LogP contribution in [-0.4, -0.2) is 64.4 Å². The van der Waals surface area contributed by atoms with Crippen LogP contribution in [0.4, 0.5) is 0 Å². The molecule has 4 N–H and O–H groups in total. The van der Waals surface area contributed by atoms with Crippen LogP contribution in [0.2, 0.25) is 0 Å². The number of unbranched alkanes of at least 4 members (excludes halogenated alkanes) is 16. The van der Waals surface area contributed by atoms with Crippen molar-refractivity contribution in [3.63, 3.8) is 0 Å². The Morgan fingerprint density at radius 2 is 1.00 bits per heavy atom. The zero-order valence-corrected chi connectivity index (χ0v) is 26.4. The Labute approximate surface area is 236 Å². The van der Waals surface area contributed by atoms with E-state index in [-0.39, 0.29) is 25.7 Å². The Morgan fingerprint density at radius 1 is 0.605 bits per heavy atom. The number of rotatable bonds is 28. The van der Waals surface area contributed by atoms with E-state index in [1.54, 1.807) is 0 Å². The fourth-order valence-electron chi connectivity index (χ4n) is 4.60. The van der Waals surface area contributed by atoms with Gasteiger partial charge in [-0.2, -0.15) is 0 Å². The highest BCUT2D eigenvalue weighted by Gasteiger charge is 2.16. The Morgan fingerprint density at radius 3 is 1.34 bits per heavy atom. The summed E-state index contributed by atoms with van der Waals surface area (Å²) in [6.45, 7) is 9.34. The molecule has 0 aliphatic heterocycles. The van der Waals surface area contributed by atoms with Crippen molar-refractivity contribution in [3.05, 3.63) is 0 Å². The summed E-state index contributed by atoms with van der Waals surface area (Å²) in [5, 5.41) is 17.9. The smallest absolute Gasteiger partial charge is 0.395 e. The number of nitrogens with zero attached hydrogens (tertiary/aromatic N) is 1. The highest BCUT2D eigenvalue weighted by Crippen LogP contribution is 2.37. The molecule has 0 aromatic rings. The van der Waals surface area contributed by atoms with Gasteiger partial charge in [-0.3, -0.25) is 9.42 Å². The van der Waals surface area contributed by atoms with Crippen molar-refractivity contribution in [1.82, 2.24) is 4.90 Å². The SMILES string of the molecule is CCCCC(CC)COP(=O)(O)O.CCCCCCCCCCCCCCCCCCN(CCO)CCO. The molecule has 232 valence electrons. The molecule has 8 heteroatoms. The van der Waals surface area contributed by atoms with Gasteiger partial charge in [0.25, 0.3) is 0 Å². The summed E-state index contributed by atoms with van der Waals surface area (Å²) in [5.41, 5.74) is 0. The summed E-state index contributed by atoms with van der Waals surface area (Å²) in [7, 11) is -4.26. The Hall–Kier alpha value is -0.0100. The molecule has 1 unspecified atom stereocenters. The summed E-state index contributed by atoms with van der Waals surface area (Å²) in [6.07, 6.45) is 26.4. The number of hydrogen-bond acceptors (Lipinski definition) is 5. The first-order chi connectivity index (χ1) is 18.3. The summed E-state index contributed by atoms with van der Waals surface area (Å²) >= 11 is 0. The highest BCUT2D eigenvalue weighted by atomic mass is 31.2. The fraction of sp³-hybridized carbons (Fsp3) is 1.00. The summed E-state index contributed by atoms with van der Waals surface area (Å²) in [4.78, 5) is 19.1. The molecule has 0 rings (SSSR count). The molecule has 0 spiro atoms. The molecule has 0 saturated carbocycles. The third-order valence-corrected chi connectivity index (χ3v) is 7.67. The number of phosphoric ester groups is 1. The van der Waals surface area contributed by atoms with Crippen LogP contribution < -0.4 is 0 Å². The molecule has 0 heterocycles. The number of aliphatic hydroxyl groups excluding tert-OH is 2. The van der Waals surface area contributed by atoms with Crippen LogP contribution in [0.5, 0.6) is 0 Å². The molecule has 0 fully saturated rings. The van der Waals surface area contributed by atoms with Crippen molar-refractivity contribution in [2.24, 2.45) is 5.92 Å². The summed E-state index contributed by atoms with van der Waals surface area (Å²) in [5.74, 6) is 0.271. The van der Waals surface area contributed by atoms with Crippen molar-refractivity contribution in [2.75, 3.05) is 39.5 Å². The molecule has 0 bridgehead atoms. The van der Waals surface area contributed by atoms with Crippen molar-refractivity contribution in [1.29, 1.82) is 0 Å². The van der Waals surface area contributed by atoms with E-state index in [0.717, 1.165) is 32.2 Å². The molecule has 0 aromatic carbocycles. The van der Waals surface area contributed by atoms with Crippen molar-refractivity contribution < 1.29 is 29.1 Å². The van der Waals surface area contributed by atoms with E-state index in [2.05, 4.69) is 23.3 Å². The molecule has 0 aliphatic carbocycles. The summed E-state index contributed by atoms with van der Waals surface area (Å²) in [6, 6.07) is 0. The van der Waals surface area contributed by atoms with Crippen LogP contribution in [0.1, 0.15) is 149 Å². The Balaban J connectivity index is 0. The van der Waals surface area contributed by atoms with Crippen LogP contribution in [0, 0.1) is 5.92 Å². The lowest BCUT2D eigenvalue weighted by molar-refractivity contribution is 0.159. The zero-order chi connectivity index (χ0) is 28.7. The minimum absolute atomic E-state index is 0.167. The molecular weight excluding hydrogens is 501 g/mol. The lowest BCUT2D eigenvalue weighted by atomic mass is 10.0. The average Bonchev–Trinajstić information content (AvgIpc) is 2.88. The maximum absolute atomic E-state index is 10.4. The van der Waals surface area contributed by atoms with E-state index in [0.29, 0.717) is 13.1 Å². The first-order valence-electron chi connectivity index (χ1n) is 16.0. The molecule has 0 radical (unpaired) electrons. The normalized spacial score (nSPS) is 12.5. The summed E-state index contributed by atoms with van der Waals surface area (Å²) < 4.78 is 14.8. The highest BCUT2D eigenvalue weighted by molar-refractivity contribution is 7.46. The van der Waals surface area contributed by atoms with Crippen LogP contribution in [0.25, 0.3) is 0 Å². The van der Waals surface area contributed by atoms with Gasteiger partial charge in [-0.25, -0.2) is 4.57 Å². The maximum Gasteiger partial charge on any atom is 0.469 e. The van der Waals surface area contributed by atoms with E-state index < -0.39 is 7.82 Å². The fourth-order valence-corrected chi connectivity index (χ4v) is 5.01. The van der Waals surface area contributed by atoms with Crippen molar-refractivity contribution in [2.45, 2.75) is 149 Å². The lowest BCUT2D eigenvalue weighted by Crippen LogP contribution is -2.30. The predicted octanol–water partition coefficient (Wildman–Crippen LogP) is 7.85. The van der Waals surface area contributed by atoms with Gasteiger partial charge in [0.1, 0.15) is 0 Å². The predicted molar refractivity (Wildman–Crippen MR) is 161 cm³/mol. The first kappa shape index (κ1) is 40.1. The van der Waals surface area contributed by atoms with Gasteiger partial charge in [-0.05, 0) is 25.3 Å². The van der Waals surface area contributed by atoms with Crippen LogP contribution >= 0.6 is 7.82 Å². The van der Waals surface area contributed by atoms with Gasteiger partial charge in [0.15, 0.2) is 0 Å². The van der Waals surface area contributed by atoms with Gasteiger partial charge < -0.3 is 20.0 Å². The van der Waals surface area contributed by atoms with Crippen LogP contribution in [-0.2, 0) is 9.09 Å². The number of phosphoric acid groups is 1. The van der Waals surface area contributed by atoms with Crippen LogP contribution in [0.15, 0.2) is 0 Å². The Bertz CT molecular complexity index is 485. The molecular formula is C30H66NO6P. The van der Waals surface area contributed by atoms with Gasteiger partial charge in [0.2, 0.25) is 0 Å². The topological polar surface area (TPSA) is 110 Å². The quantitative estimate of drug-likeness (QED) is 0.0563. The van der Waals surface area contributed by atoms with E-state index >= 15 is 0 Å². The van der Waals surface area contributed by atoms with Gasteiger partial charge in [0, 0.05) is 13.1 Å². The third-order valence-electron chi connectivity index (χ3n) is 7.18. The average molecular weight is 568 g/mol. The van der Waals surface area contributed by atoms with Crippen molar-refractivity contribution in [3.8, 4) is 0 Å². The largest absolute Gasteiger partial charge is 0.469 e. The molecule has 0 amide bonds. The Kier molecular flexibility index (Phi) is 33.3. The van der Waals surface area contributed by atoms with E-state index in [1.807, 2.05) is 6.92 Å². The second-order valence-electron chi connectivity index (χ2n) is 10.8. The molecule has 0 aromatic heterocycles. The lowest BCUT2D eigenvalue weighted by Gasteiger charge is -2.19. The maximum atomic E-state index is 10.4. The number of aliphatic hydroxyl groups is 2. The zero-order valence-electron chi connectivity index (χ0n) is 25.5. The minimum atomic E-state index is -4.26. The van der Waals surface area contributed by atoms with Gasteiger partial charge in [-0.1, -0.05) is 136 Å². The van der Waals surface area contributed by atoms with Gasteiger partial charge in [0.05, 0.1) is 19.8 Å². The second kappa shape index (κ2) is 31.5. The molecule has 0 aliphatic rings. The molecule has 1 atom stereocenters. The molecule has 7 nitrogen and oxygen atoms in total. The van der Waals surface area contributed by atoms with Gasteiger partial charge in [-0.15, -0.1) is 0 Å².